The molecule has 0 aromatic carbocycles. The van der Waals surface area contributed by atoms with E-state index in [0.29, 0.717) is 24.2 Å². The van der Waals surface area contributed by atoms with Gasteiger partial charge in [0.2, 0.25) is 0 Å². The van der Waals surface area contributed by atoms with Gasteiger partial charge < -0.3 is 29.5 Å². The van der Waals surface area contributed by atoms with E-state index in [1.165, 1.54) is 7.11 Å². The van der Waals surface area contributed by atoms with E-state index in [9.17, 15) is 20.1 Å². The molecule has 0 aromatic rings. The van der Waals surface area contributed by atoms with Gasteiger partial charge in [-0.15, -0.1) is 0 Å². The summed E-state index contributed by atoms with van der Waals surface area (Å²) in [4.78, 5) is 11.7. The van der Waals surface area contributed by atoms with Gasteiger partial charge in [0.05, 0.1) is 31.0 Å². The summed E-state index contributed by atoms with van der Waals surface area (Å²) in [5, 5.41) is 32.4. The summed E-state index contributed by atoms with van der Waals surface area (Å²) in [6.07, 6.45) is 10.4. The molecule has 5 fully saturated rings. The summed E-state index contributed by atoms with van der Waals surface area (Å²) in [6, 6.07) is 0. The second-order valence-corrected chi connectivity index (χ2v) is 13.0. The lowest BCUT2D eigenvalue weighted by molar-refractivity contribution is -0.270. The largest absolute Gasteiger partial charge is 0.466 e. The van der Waals surface area contributed by atoms with Crippen LogP contribution in [0.4, 0.5) is 0 Å². The summed E-state index contributed by atoms with van der Waals surface area (Å²) >= 11 is 0. The number of carbonyl (C=O) groups excluding carboxylic acids is 1. The Morgan fingerprint density at radius 2 is 1.78 bits per heavy atom. The summed E-state index contributed by atoms with van der Waals surface area (Å²) in [7, 11) is 1.40. The van der Waals surface area contributed by atoms with Crippen molar-refractivity contribution >= 4 is 5.97 Å². The zero-order valence-electron chi connectivity index (χ0n) is 22.4. The Bertz CT molecular complexity index is 849. The molecule has 0 amide bonds. The summed E-state index contributed by atoms with van der Waals surface area (Å²) in [5.41, 5.74) is -0.704. The SMILES string of the molecule is COC(=O)C=C[C@H]1CC[C@]2(O)[C@@H]3CC[C@@H]4C[C@@H](O[C@@H]5C[C@H](O)[C@H](O)[C@@H](C)O5)CC[C@]4(C)[C@H]3CC[C@]12C. The van der Waals surface area contributed by atoms with Crippen molar-refractivity contribution < 1.29 is 34.3 Å². The van der Waals surface area contributed by atoms with Crippen molar-refractivity contribution in [1.82, 2.24) is 0 Å². The molecular formula is C29H46O7. The van der Waals surface area contributed by atoms with Gasteiger partial charge in [-0.3, -0.25) is 0 Å². The topological polar surface area (TPSA) is 105 Å². The molecule has 12 atom stereocenters. The highest BCUT2D eigenvalue weighted by atomic mass is 16.7. The van der Waals surface area contributed by atoms with Crippen LogP contribution in [0.2, 0.25) is 0 Å². The minimum atomic E-state index is -0.858. The van der Waals surface area contributed by atoms with Crippen molar-refractivity contribution in [2.24, 2.45) is 34.5 Å². The number of allylic oxidation sites excluding steroid dienone is 1. The molecule has 204 valence electrons. The molecule has 36 heavy (non-hydrogen) atoms. The van der Waals surface area contributed by atoms with Gasteiger partial charge >= 0.3 is 5.97 Å². The first-order valence-electron chi connectivity index (χ1n) is 14.2. The maximum absolute atomic E-state index is 12.3. The Morgan fingerprint density at radius 1 is 1.00 bits per heavy atom. The highest BCUT2D eigenvalue weighted by molar-refractivity contribution is 5.81. The molecule has 1 heterocycles. The number of hydrogen-bond donors (Lipinski definition) is 3. The van der Waals surface area contributed by atoms with E-state index in [-0.39, 0.29) is 28.8 Å². The van der Waals surface area contributed by atoms with Crippen molar-refractivity contribution in [1.29, 1.82) is 0 Å². The monoisotopic (exact) mass is 506 g/mol. The third-order valence-corrected chi connectivity index (χ3v) is 11.6. The summed E-state index contributed by atoms with van der Waals surface area (Å²) in [6.45, 7) is 6.49. The van der Waals surface area contributed by atoms with Crippen molar-refractivity contribution in [3.8, 4) is 0 Å². The molecule has 0 aromatic heterocycles. The third-order valence-electron chi connectivity index (χ3n) is 11.6. The maximum Gasteiger partial charge on any atom is 0.330 e. The molecule has 1 aliphatic heterocycles. The molecule has 1 saturated heterocycles. The number of aliphatic hydroxyl groups is 3. The number of hydrogen-bond acceptors (Lipinski definition) is 7. The Hall–Kier alpha value is -0.990. The number of ether oxygens (including phenoxy) is 3. The fourth-order valence-corrected chi connectivity index (χ4v) is 9.25. The van der Waals surface area contributed by atoms with Crippen LogP contribution in [0.1, 0.15) is 85.0 Å². The Labute approximate surface area is 215 Å². The van der Waals surface area contributed by atoms with Crippen LogP contribution in [0.15, 0.2) is 12.2 Å². The molecule has 0 bridgehead atoms. The van der Waals surface area contributed by atoms with Crippen molar-refractivity contribution in [2.75, 3.05) is 7.11 Å². The first-order chi connectivity index (χ1) is 17.0. The van der Waals surface area contributed by atoms with Gasteiger partial charge in [-0.05, 0) is 93.8 Å². The minimum Gasteiger partial charge on any atom is -0.466 e. The van der Waals surface area contributed by atoms with E-state index in [1.54, 1.807) is 13.0 Å². The second-order valence-electron chi connectivity index (χ2n) is 13.0. The first kappa shape index (κ1) is 26.6. The first-order valence-corrected chi connectivity index (χ1v) is 14.2. The molecule has 0 unspecified atom stereocenters. The van der Waals surface area contributed by atoms with Crippen LogP contribution in [0, 0.1) is 34.5 Å². The zero-order chi connectivity index (χ0) is 25.9. The fourth-order valence-electron chi connectivity index (χ4n) is 9.25. The summed E-state index contributed by atoms with van der Waals surface area (Å²) in [5.74, 6) is 1.23. The predicted octanol–water partition coefficient (Wildman–Crippen LogP) is 3.73. The van der Waals surface area contributed by atoms with Gasteiger partial charge in [-0.2, -0.15) is 0 Å². The van der Waals surface area contributed by atoms with Gasteiger partial charge in [0.25, 0.3) is 0 Å². The molecule has 4 aliphatic carbocycles. The molecular weight excluding hydrogens is 460 g/mol. The molecule has 7 nitrogen and oxygen atoms in total. The Kier molecular flexibility index (Phi) is 7.12. The van der Waals surface area contributed by atoms with Crippen LogP contribution >= 0.6 is 0 Å². The quantitative estimate of drug-likeness (QED) is 0.303. The van der Waals surface area contributed by atoms with Crippen LogP contribution < -0.4 is 0 Å². The minimum absolute atomic E-state index is 0.107. The standard InChI is InChI=1S/C29H46O7/c1-17-26(32)23(30)16-25(35-17)36-20-10-12-27(2)19(15-20)5-7-22-21(27)11-13-28(3)18(6-8-24(31)34-4)9-14-29(22,28)33/h6,8,17-23,25-26,30,32-33H,5,7,9-16H2,1-4H3/t17-,18+,19-,20+,21+,22-,23+,25-,26-,27+,28-,29+/m1/s1. The molecule has 0 spiro atoms. The molecule has 3 N–H and O–H groups in total. The normalized spacial score (nSPS) is 52.9. The maximum atomic E-state index is 12.3. The van der Waals surface area contributed by atoms with E-state index in [4.69, 9.17) is 14.2 Å². The highest BCUT2D eigenvalue weighted by Gasteiger charge is 2.66. The van der Waals surface area contributed by atoms with Crippen molar-refractivity contribution in [3.05, 3.63) is 12.2 Å². The van der Waals surface area contributed by atoms with Crippen molar-refractivity contribution in [3.63, 3.8) is 0 Å². The van der Waals surface area contributed by atoms with E-state index in [0.717, 1.165) is 57.8 Å². The van der Waals surface area contributed by atoms with Crippen molar-refractivity contribution in [2.45, 2.75) is 121 Å². The van der Waals surface area contributed by atoms with E-state index in [1.807, 2.05) is 6.08 Å². The van der Waals surface area contributed by atoms with Gasteiger partial charge in [-0.1, -0.05) is 19.9 Å². The van der Waals surface area contributed by atoms with E-state index in [2.05, 4.69) is 13.8 Å². The van der Waals surface area contributed by atoms with Crippen LogP contribution in [0.3, 0.4) is 0 Å². The lowest BCUT2D eigenvalue weighted by Gasteiger charge is -2.63. The number of carbonyl (C=O) groups is 1. The van der Waals surface area contributed by atoms with E-state index < -0.39 is 30.2 Å². The highest BCUT2D eigenvalue weighted by Crippen LogP contribution is 2.69. The Balaban J connectivity index is 1.26. The Morgan fingerprint density at radius 3 is 2.50 bits per heavy atom. The zero-order valence-corrected chi connectivity index (χ0v) is 22.4. The molecule has 0 radical (unpaired) electrons. The van der Waals surface area contributed by atoms with Gasteiger partial charge in [-0.25, -0.2) is 4.79 Å². The third kappa shape index (κ3) is 4.17. The van der Waals surface area contributed by atoms with Gasteiger partial charge in [0.15, 0.2) is 6.29 Å². The average molecular weight is 507 g/mol. The number of aliphatic hydroxyl groups excluding tert-OH is 2. The second kappa shape index (κ2) is 9.64. The van der Waals surface area contributed by atoms with E-state index >= 15 is 0 Å². The number of methoxy groups -OCH3 is 1. The number of fused-ring (bicyclic) bond motifs is 5. The van der Waals surface area contributed by atoms with Crippen LogP contribution in [0.5, 0.6) is 0 Å². The molecule has 4 saturated carbocycles. The lowest BCUT2D eigenvalue weighted by atomic mass is 9.43. The smallest absolute Gasteiger partial charge is 0.330 e. The fraction of sp³-hybridized carbons (Fsp3) is 0.897. The van der Waals surface area contributed by atoms with Crippen LogP contribution in [0.25, 0.3) is 0 Å². The van der Waals surface area contributed by atoms with Gasteiger partial charge in [0.1, 0.15) is 6.10 Å². The molecule has 5 rings (SSSR count). The summed E-state index contributed by atoms with van der Waals surface area (Å²) < 4.78 is 17.0. The number of rotatable bonds is 4. The van der Waals surface area contributed by atoms with Gasteiger partial charge in [0, 0.05) is 17.9 Å². The molecule has 5 aliphatic rings. The van der Waals surface area contributed by atoms with Crippen LogP contribution in [-0.4, -0.2) is 64.7 Å². The molecule has 7 heteroatoms. The average Bonchev–Trinajstić information content (AvgIpc) is 3.11. The lowest BCUT2D eigenvalue weighted by Crippen LogP contribution is -2.62. The predicted molar refractivity (Wildman–Crippen MR) is 134 cm³/mol. The van der Waals surface area contributed by atoms with Crippen LogP contribution in [-0.2, 0) is 19.0 Å². The number of esters is 1.